The molecule has 0 amide bonds. The van der Waals surface area contributed by atoms with Gasteiger partial charge in [0.25, 0.3) is 0 Å². The van der Waals surface area contributed by atoms with E-state index in [-0.39, 0.29) is 17.2 Å². The minimum Gasteiger partial charge on any atom is -0.506 e. The lowest BCUT2D eigenvalue weighted by atomic mass is 9.77. The molecule has 4 rings (SSSR count). The molecule has 2 aliphatic heterocycles. The molecule has 0 radical (unpaired) electrons. The van der Waals surface area contributed by atoms with Gasteiger partial charge in [-0.1, -0.05) is 53.7 Å². The summed E-state index contributed by atoms with van der Waals surface area (Å²) in [5.74, 6) is 1.50. The number of nitrogens with one attached hydrogen (secondary N) is 1. The molecule has 0 aliphatic carbocycles. The Morgan fingerprint density at radius 2 is 2.10 bits per heavy atom. The van der Waals surface area contributed by atoms with Crippen LogP contribution < -0.4 is 10.1 Å². The molecular formula is C24H27ClN2O2S. The van der Waals surface area contributed by atoms with Crippen LogP contribution in [0.5, 0.6) is 11.5 Å². The fourth-order valence-corrected chi connectivity index (χ4v) is 5.54. The van der Waals surface area contributed by atoms with Crippen molar-refractivity contribution in [2.75, 3.05) is 5.75 Å². The number of amidine groups is 1. The molecule has 0 unspecified atom stereocenters. The molecular weight excluding hydrogens is 416 g/mol. The van der Waals surface area contributed by atoms with E-state index in [2.05, 4.69) is 56.9 Å². The Morgan fingerprint density at radius 3 is 2.83 bits per heavy atom. The first kappa shape index (κ1) is 21.1. The number of benzene rings is 2. The van der Waals surface area contributed by atoms with Crippen molar-refractivity contribution >= 4 is 28.5 Å². The number of phenols is 1. The predicted molar refractivity (Wildman–Crippen MR) is 126 cm³/mol. The number of phenolic OH excluding ortho intramolecular Hbond substituents is 1. The van der Waals surface area contributed by atoms with Crippen LogP contribution in [0.4, 0.5) is 0 Å². The molecule has 158 valence electrons. The van der Waals surface area contributed by atoms with Crippen LogP contribution in [0.25, 0.3) is 0 Å². The molecule has 2 atom stereocenters. The lowest BCUT2D eigenvalue weighted by molar-refractivity contribution is 0.0133. The molecule has 2 heterocycles. The lowest BCUT2D eigenvalue weighted by Gasteiger charge is -2.47. The van der Waals surface area contributed by atoms with Crippen molar-refractivity contribution in [3.05, 3.63) is 70.8 Å². The second-order valence-electron chi connectivity index (χ2n) is 8.71. The van der Waals surface area contributed by atoms with Crippen molar-refractivity contribution in [2.45, 2.75) is 50.8 Å². The monoisotopic (exact) mass is 442 g/mol. The zero-order valence-corrected chi connectivity index (χ0v) is 19.1. The Balaban J connectivity index is 1.86. The summed E-state index contributed by atoms with van der Waals surface area (Å²) in [6.07, 6.45) is 3.29. The Labute approximate surface area is 187 Å². The predicted octanol–water partition coefficient (Wildman–Crippen LogP) is 6.01. The summed E-state index contributed by atoms with van der Waals surface area (Å²) in [5.41, 5.74) is 2.53. The third-order valence-electron chi connectivity index (χ3n) is 5.65. The van der Waals surface area contributed by atoms with Crippen molar-refractivity contribution in [1.29, 1.82) is 0 Å². The summed E-state index contributed by atoms with van der Waals surface area (Å²) in [6, 6.07) is 11.9. The van der Waals surface area contributed by atoms with Gasteiger partial charge >= 0.3 is 0 Å². The van der Waals surface area contributed by atoms with E-state index >= 15 is 0 Å². The van der Waals surface area contributed by atoms with Crippen molar-refractivity contribution in [2.24, 2.45) is 4.99 Å². The van der Waals surface area contributed by atoms with Gasteiger partial charge in [-0.15, -0.1) is 6.58 Å². The molecule has 0 fully saturated rings. The molecule has 2 aliphatic rings. The van der Waals surface area contributed by atoms with E-state index in [1.165, 1.54) is 11.1 Å². The molecule has 30 heavy (non-hydrogen) atoms. The zero-order valence-electron chi connectivity index (χ0n) is 17.5. The van der Waals surface area contributed by atoms with Crippen LogP contribution in [0.3, 0.4) is 0 Å². The third kappa shape index (κ3) is 4.06. The number of nitrogens with zero attached hydrogens (tertiary/aromatic N) is 1. The Kier molecular flexibility index (Phi) is 5.54. The Morgan fingerprint density at radius 1 is 1.33 bits per heavy atom. The first-order valence-corrected chi connectivity index (χ1v) is 11.5. The quantitative estimate of drug-likeness (QED) is 0.571. The first-order valence-electron chi connectivity index (χ1n) is 10.1. The van der Waals surface area contributed by atoms with Gasteiger partial charge < -0.3 is 15.2 Å². The number of ether oxygens (including phenoxy) is 1. The lowest BCUT2D eigenvalue weighted by Crippen LogP contribution is -2.57. The van der Waals surface area contributed by atoms with Crippen LogP contribution in [0.1, 0.15) is 49.3 Å². The van der Waals surface area contributed by atoms with E-state index in [0.717, 1.165) is 16.5 Å². The molecule has 2 aromatic rings. The maximum Gasteiger partial charge on any atom is 0.206 e. The van der Waals surface area contributed by atoms with Crippen LogP contribution >= 0.6 is 23.4 Å². The normalized spacial score (nSPS) is 24.4. The second-order valence-corrected chi connectivity index (χ2v) is 10.1. The van der Waals surface area contributed by atoms with Crippen LogP contribution in [0, 0.1) is 6.92 Å². The van der Waals surface area contributed by atoms with Gasteiger partial charge in [-0.2, -0.15) is 0 Å². The van der Waals surface area contributed by atoms with Gasteiger partial charge in [-0.05, 0) is 38.0 Å². The van der Waals surface area contributed by atoms with Crippen LogP contribution in [-0.2, 0) is 0 Å². The van der Waals surface area contributed by atoms with Crippen molar-refractivity contribution in [3.63, 3.8) is 0 Å². The van der Waals surface area contributed by atoms with E-state index in [0.29, 0.717) is 23.6 Å². The van der Waals surface area contributed by atoms with E-state index in [1.54, 1.807) is 17.8 Å². The summed E-state index contributed by atoms with van der Waals surface area (Å²) in [7, 11) is 0. The summed E-state index contributed by atoms with van der Waals surface area (Å²) < 4.78 is 6.55. The van der Waals surface area contributed by atoms with Gasteiger partial charge in [0.2, 0.25) is 5.72 Å². The van der Waals surface area contributed by atoms with E-state index in [1.807, 2.05) is 12.1 Å². The van der Waals surface area contributed by atoms with Gasteiger partial charge in [0.05, 0.1) is 5.02 Å². The van der Waals surface area contributed by atoms with Crippen molar-refractivity contribution in [1.82, 2.24) is 5.32 Å². The number of hydrogen-bond donors (Lipinski definition) is 2. The highest BCUT2D eigenvalue weighted by Crippen LogP contribution is 2.51. The molecule has 2 aromatic carbocycles. The van der Waals surface area contributed by atoms with Crippen molar-refractivity contribution < 1.29 is 9.84 Å². The summed E-state index contributed by atoms with van der Waals surface area (Å²) in [6.45, 7) is 10.3. The molecule has 2 N–H and O–H groups in total. The van der Waals surface area contributed by atoms with Crippen LogP contribution in [-0.4, -0.2) is 27.3 Å². The standard InChI is InChI=1S/C24H27ClN2O2S/c1-5-10-30-22-26-23(3,4)14-24(27-22)13-18(16-9-7-6-8-15(16)2)17-11-19(25)20(28)12-21(17)29-24/h5-9,11-12,18,28H,1,10,13-14H2,2-4H3,(H,26,27)/t18-,24-/m0/s1. The third-order valence-corrected chi connectivity index (χ3v) is 6.82. The molecule has 4 nitrogen and oxygen atoms in total. The fraction of sp³-hybridized carbons (Fsp3) is 0.375. The van der Waals surface area contributed by atoms with Gasteiger partial charge in [0.15, 0.2) is 5.17 Å². The fourth-order valence-electron chi connectivity index (χ4n) is 4.51. The maximum atomic E-state index is 10.3. The highest BCUT2D eigenvalue weighted by molar-refractivity contribution is 8.13. The SMILES string of the molecule is C=CCSC1=N[C@]2(C[C@@H](c3ccccc3C)c3cc(Cl)c(O)cc3O2)CC(C)(C)N1. The van der Waals surface area contributed by atoms with E-state index in [9.17, 15) is 5.11 Å². The van der Waals surface area contributed by atoms with E-state index < -0.39 is 5.72 Å². The van der Waals surface area contributed by atoms with Gasteiger partial charge in [-0.3, -0.25) is 0 Å². The summed E-state index contributed by atoms with van der Waals surface area (Å²) in [5, 5.41) is 15.0. The minimum atomic E-state index is -0.724. The first-order chi connectivity index (χ1) is 14.2. The Hall–Kier alpha value is -2.11. The minimum absolute atomic E-state index is 0.0226. The largest absolute Gasteiger partial charge is 0.506 e. The zero-order chi connectivity index (χ0) is 21.5. The highest BCUT2D eigenvalue weighted by atomic mass is 35.5. The summed E-state index contributed by atoms with van der Waals surface area (Å²) in [4.78, 5) is 5.05. The number of halogens is 1. The number of aliphatic imine (C=N–C) groups is 1. The average molecular weight is 443 g/mol. The average Bonchev–Trinajstić information content (AvgIpc) is 2.66. The number of fused-ring (bicyclic) bond motifs is 1. The molecule has 0 bridgehead atoms. The van der Waals surface area contributed by atoms with Gasteiger partial charge in [-0.25, -0.2) is 4.99 Å². The second kappa shape index (κ2) is 7.86. The summed E-state index contributed by atoms with van der Waals surface area (Å²) >= 11 is 7.91. The number of hydrogen-bond acceptors (Lipinski definition) is 5. The van der Waals surface area contributed by atoms with Crippen LogP contribution in [0.2, 0.25) is 5.02 Å². The number of aromatic hydroxyl groups is 1. The highest BCUT2D eigenvalue weighted by Gasteiger charge is 2.48. The van der Waals surface area contributed by atoms with E-state index in [4.69, 9.17) is 21.3 Å². The van der Waals surface area contributed by atoms with Gasteiger partial charge in [0.1, 0.15) is 11.5 Å². The molecule has 0 saturated heterocycles. The molecule has 1 spiro atoms. The number of rotatable bonds is 3. The Bertz CT molecular complexity index is 1020. The maximum absolute atomic E-state index is 10.3. The van der Waals surface area contributed by atoms with Crippen LogP contribution in [0.15, 0.2) is 54.0 Å². The van der Waals surface area contributed by atoms with Gasteiger partial charge in [0, 0.05) is 41.7 Å². The topological polar surface area (TPSA) is 53.9 Å². The molecule has 0 saturated carbocycles. The number of thioether (sulfide) groups is 1. The smallest absolute Gasteiger partial charge is 0.206 e. The van der Waals surface area contributed by atoms with Crippen molar-refractivity contribution in [3.8, 4) is 11.5 Å². The molecule has 0 aromatic heterocycles. The molecule has 6 heteroatoms. The number of aryl methyl sites for hydroxylation is 1.